The molecule has 0 spiro atoms. The van der Waals surface area contributed by atoms with E-state index >= 15 is 0 Å². The molecule has 0 aliphatic carbocycles. The highest BCUT2D eigenvalue weighted by Gasteiger charge is 2.04. The Kier molecular flexibility index (Phi) is 2.28. The van der Waals surface area contributed by atoms with E-state index in [1.54, 1.807) is 6.33 Å². The van der Waals surface area contributed by atoms with Crippen LogP contribution in [-0.2, 0) is 6.54 Å². The molecule has 0 unspecified atom stereocenters. The summed E-state index contributed by atoms with van der Waals surface area (Å²) in [4.78, 5) is 0. The van der Waals surface area contributed by atoms with Gasteiger partial charge in [0.25, 0.3) is 0 Å². The van der Waals surface area contributed by atoms with Gasteiger partial charge in [0.15, 0.2) is 0 Å². The standard InChI is InChI=1S/C10H12N4/c1-8-13-12-7-14(8)10-5-3-2-4-9(10)6-11/h2-5,7H,6,11H2,1H3. The van der Waals surface area contributed by atoms with Crippen LogP contribution in [0.2, 0.25) is 0 Å². The average Bonchev–Trinajstić information content (AvgIpc) is 2.64. The van der Waals surface area contributed by atoms with Crippen LogP contribution in [0.25, 0.3) is 5.69 Å². The minimum Gasteiger partial charge on any atom is -0.326 e. The minimum atomic E-state index is 0.522. The lowest BCUT2D eigenvalue weighted by Gasteiger charge is -2.08. The second kappa shape index (κ2) is 3.59. The van der Waals surface area contributed by atoms with Crippen molar-refractivity contribution in [2.75, 3.05) is 0 Å². The monoisotopic (exact) mass is 188 g/mol. The number of para-hydroxylation sites is 1. The summed E-state index contributed by atoms with van der Waals surface area (Å²) < 4.78 is 1.93. The third-order valence-electron chi connectivity index (χ3n) is 2.19. The van der Waals surface area contributed by atoms with Crippen molar-refractivity contribution in [3.8, 4) is 5.69 Å². The molecule has 72 valence electrons. The predicted molar refractivity (Wildman–Crippen MR) is 54.0 cm³/mol. The highest BCUT2D eigenvalue weighted by atomic mass is 15.3. The number of benzene rings is 1. The van der Waals surface area contributed by atoms with Crippen molar-refractivity contribution in [3.05, 3.63) is 42.0 Å². The van der Waals surface area contributed by atoms with Gasteiger partial charge >= 0.3 is 0 Å². The van der Waals surface area contributed by atoms with Gasteiger partial charge in [-0.2, -0.15) is 0 Å². The molecule has 0 saturated carbocycles. The fourth-order valence-corrected chi connectivity index (χ4v) is 1.45. The third kappa shape index (κ3) is 1.40. The summed E-state index contributed by atoms with van der Waals surface area (Å²) in [5, 5.41) is 7.79. The van der Waals surface area contributed by atoms with E-state index in [0.717, 1.165) is 17.1 Å². The molecular weight excluding hydrogens is 176 g/mol. The molecule has 2 rings (SSSR count). The molecule has 0 fully saturated rings. The largest absolute Gasteiger partial charge is 0.326 e. The van der Waals surface area contributed by atoms with Gasteiger partial charge < -0.3 is 5.73 Å². The Morgan fingerprint density at radius 1 is 1.36 bits per heavy atom. The van der Waals surface area contributed by atoms with Crippen LogP contribution in [0.1, 0.15) is 11.4 Å². The quantitative estimate of drug-likeness (QED) is 0.766. The third-order valence-corrected chi connectivity index (χ3v) is 2.19. The van der Waals surface area contributed by atoms with Gasteiger partial charge in [-0.05, 0) is 18.6 Å². The van der Waals surface area contributed by atoms with Crippen LogP contribution < -0.4 is 5.73 Å². The lowest BCUT2D eigenvalue weighted by atomic mass is 10.2. The van der Waals surface area contributed by atoms with Gasteiger partial charge in [0.1, 0.15) is 12.2 Å². The zero-order valence-electron chi connectivity index (χ0n) is 8.01. The SMILES string of the molecule is Cc1nncn1-c1ccccc1CN. The molecule has 2 aromatic rings. The maximum Gasteiger partial charge on any atom is 0.134 e. The molecule has 0 aliphatic rings. The second-order valence-electron chi connectivity index (χ2n) is 3.08. The smallest absolute Gasteiger partial charge is 0.134 e. The zero-order valence-corrected chi connectivity index (χ0v) is 8.01. The number of aromatic nitrogens is 3. The first kappa shape index (κ1) is 8.90. The topological polar surface area (TPSA) is 56.7 Å². The molecule has 1 heterocycles. The molecular formula is C10H12N4. The van der Waals surface area contributed by atoms with E-state index in [0.29, 0.717) is 6.54 Å². The van der Waals surface area contributed by atoms with Crippen LogP contribution in [0.3, 0.4) is 0 Å². The van der Waals surface area contributed by atoms with Crippen LogP contribution in [0.5, 0.6) is 0 Å². The molecule has 0 saturated heterocycles. The van der Waals surface area contributed by atoms with E-state index in [1.807, 2.05) is 35.8 Å². The van der Waals surface area contributed by atoms with Crippen LogP contribution in [-0.4, -0.2) is 14.8 Å². The van der Waals surface area contributed by atoms with Crippen molar-refractivity contribution < 1.29 is 0 Å². The van der Waals surface area contributed by atoms with Gasteiger partial charge in [0.05, 0.1) is 5.69 Å². The van der Waals surface area contributed by atoms with E-state index in [1.165, 1.54) is 0 Å². The molecule has 0 atom stereocenters. The summed E-state index contributed by atoms with van der Waals surface area (Å²) in [6.07, 6.45) is 1.70. The van der Waals surface area contributed by atoms with Gasteiger partial charge in [0, 0.05) is 6.54 Å². The first-order valence-electron chi connectivity index (χ1n) is 4.48. The van der Waals surface area contributed by atoms with E-state index in [-0.39, 0.29) is 0 Å². The van der Waals surface area contributed by atoms with Crippen LogP contribution in [0.4, 0.5) is 0 Å². The van der Waals surface area contributed by atoms with Crippen molar-refractivity contribution in [2.24, 2.45) is 5.73 Å². The summed E-state index contributed by atoms with van der Waals surface area (Å²) in [5.41, 5.74) is 7.80. The molecule has 1 aromatic carbocycles. The van der Waals surface area contributed by atoms with E-state index in [4.69, 9.17) is 5.73 Å². The molecule has 2 N–H and O–H groups in total. The predicted octanol–water partition coefficient (Wildman–Crippen LogP) is 1.03. The fraction of sp³-hybridized carbons (Fsp3) is 0.200. The van der Waals surface area contributed by atoms with Gasteiger partial charge in [-0.3, -0.25) is 4.57 Å². The Morgan fingerprint density at radius 3 is 2.79 bits per heavy atom. The molecule has 4 heteroatoms. The molecule has 0 aliphatic heterocycles. The van der Waals surface area contributed by atoms with E-state index in [2.05, 4.69) is 10.2 Å². The summed E-state index contributed by atoms with van der Waals surface area (Å²) in [5.74, 6) is 0.867. The number of nitrogens with zero attached hydrogens (tertiary/aromatic N) is 3. The minimum absolute atomic E-state index is 0.522. The second-order valence-corrected chi connectivity index (χ2v) is 3.08. The first-order chi connectivity index (χ1) is 6.83. The van der Waals surface area contributed by atoms with Crippen molar-refractivity contribution in [1.82, 2.24) is 14.8 Å². The first-order valence-corrected chi connectivity index (χ1v) is 4.48. The number of hydrogen-bond donors (Lipinski definition) is 1. The summed E-state index contributed by atoms with van der Waals surface area (Å²) >= 11 is 0. The van der Waals surface area contributed by atoms with Gasteiger partial charge in [-0.25, -0.2) is 0 Å². The van der Waals surface area contributed by atoms with Crippen LogP contribution in [0, 0.1) is 6.92 Å². The van der Waals surface area contributed by atoms with E-state index in [9.17, 15) is 0 Å². The Labute approximate surface area is 82.4 Å². The highest BCUT2D eigenvalue weighted by molar-refractivity contribution is 5.41. The molecule has 0 amide bonds. The number of rotatable bonds is 2. The van der Waals surface area contributed by atoms with Crippen molar-refractivity contribution >= 4 is 0 Å². The zero-order chi connectivity index (χ0) is 9.97. The van der Waals surface area contributed by atoms with Crippen molar-refractivity contribution in [1.29, 1.82) is 0 Å². The highest BCUT2D eigenvalue weighted by Crippen LogP contribution is 2.14. The molecule has 0 bridgehead atoms. The van der Waals surface area contributed by atoms with Gasteiger partial charge in [-0.15, -0.1) is 10.2 Å². The van der Waals surface area contributed by atoms with Crippen LogP contribution >= 0.6 is 0 Å². The molecule has 4 nitrogen and oxygen atoms in total. The lowest BCUT2D eigenvalue weighted by Crippen LogP contribution is -2.04. The number of hydrogen-bond acceptors (Lipinski definition) is 3. The summed E-state index contributed by atoms with van der Waals surface area (Å²) in [6, 6.07) is 7.98. The summed E-state index contributed by atoms with van der Waals surface area (Å²) in [6.45, 7) is 2.44. The van der Waals surface area contributed by atoms with Crippen molar-refractivity contribution in [3.63, 3.8) is 0 Å². The normalized spacial score (nSPS) is 10.4. The number of aryl methyl sites for hydroxylation is 1. The Balaban J connectivity index is 2.56. The Bertz CT molecular complexity index is 433. The summed E-state index contributed by atoms with van der Waals surface area (Å²) in [7, 11) is 0. The van der Waals surface area contributed by atoms with E-state index < -0.39 is 0 Å². The Hall–Kier alpha value is -1.68. The average molecular weight is 188 g/mol. The molecule has 0 radical (unpaired) electrons. The maximum absolute atomic E-state index is 5.65. The molecule has 14 heavy (non-hydrogen) atoms. The van der Waals surface area contributed by atoms with Gasteiger partial charge in [-0.1, -0.05) is 18.2 Å². The van der Waals surface area contributed by atoms with Crippen LogP contribution in [0.15, 0.2) is 30.6 Å². The fourth-order valence-electron chi connectivity index (χ4n) is 1.45. The maximum atomic E-state index is 5.65. The lowest BCUT2D eigenvalue weighted by molar-refractivity contribution is 0.936. The Morgan fingerprint density at radius 2 is 2.14 bits per heavy atom. The van der Waals surface area contributed by atoms with Gasteiger partial charge in [0.2, 0.25) is 0 Å². The number of nitrogens with two attached hydrogens (primary N) is 1. The van der Waals surface area contributed by atoms with Crippen molar-refractivity contribution in [2.45, 2.75) is 13.5 Å². The molecule has 1 aromatic heterocycles.